The maximum Gasteiger partial charge on any atom is 0.272 e. The number of hydrogen-bond acceptors (Lipinski definition) is 5. The molecule has 0 unspecified atom stereocenters. The number of piperidine rings is 1. The van der Waals surface area contributed by atoms with E-state index in [9.17, 15) is 14.7 Å². The Labute approximate surface area is 210 Å². The Morgan fingerprint density at radius 2 is 2.00 bits per heavy atom. The molecule has 1 aromatic carbocycles. The molecule has 2 N–H and O–H groups in total. The number of nitrogens with one attached hydrogen (secondary N) is 1. The van der Waals surface area contributed by atoms with E-state index in [1.165, 1.54) is 5.56 Å². The van der Waals surface area contributed by atoms with Gasteiger partial charge in [0.15, 0.2) is 0 Å². The topological polar surface area (TPSA) is 98.8 Å². The van der Waals surface area contributed by atoms with Crippen LogP contribution in [0.5, 0.6) is 5.75 Å². The average Bonchev–Trinajstić information content (AvgIpc) is 3.27. The van der Waals surface area contributed by atoms with Crippen molar-refractivity contribution < 1.29 is 19.4 Å². The number of aliphatic hydroxyl groups excluding tert-OH is 1. The fourth-order valence-electron chi connectivity index (χ4n) is 6.33. The molecule has 1 spiro atoms. The van der Waals surface area contributed by atoms with E-state index in [1.807, 2.05) is 34.1 Å². The summed E-state index contributed by atoms with van der Waals surface area (Å²) in [6, 6.07) is 11.0. The molecule has 8 heteroatoms. The van der Waals surface area contributed by atoms with Gasteiger partial charge < -0.3 is 24.6 Å². The third-order valence-electron chi connectivity index (χ3n) is 8.55. The van der Waals surface area contributed by atoms with Crippen LogP contribution in [0.1, 0.15) is 59.9 Å². The van der Waals surface area contributed by atoms with Crippen LogP contribution in [-0.4, -0.2) is 70.0 Å². The van der Waals surface area contributed by atoms with Crippen LogP contribution in [0.4, 0.5) is 0 Å². The molecule has 2 aliphatic heterocycles. The number of amides is 2. The van der Waals surface area contributed by atoms with Crippen LogP contribution < -0.4 is 4.74 Å². The van der Waals surface area contributed by atoms with Gasteiger partial charge in [0.05, 0.1) is 19.8 Å². The Balaban J connectivity index is 1.40. The first-order chi connectivity index (χ1) is 17.5. The first-order valence-electron chi connectivity index (χ1n) is 12.9. The normalized spacial score (nSPS) is 21.3. The highest BCUT2D eigenvalue weighted by molar-refractivity contribution is 5.93. The lowest BCUT2D eigenvalue weighted by molar-refractivity contribution is -0.144. The number of nitrogens with zero attached hydrogens (tertiary/aromatic N) is 3. The molecule has 2 fully saturated rings. The Morgan fingerprint density at radius 3 is 2.64 bits per heavy atom. The number of aliphatic hydroxyl groups is 1. The fraction of sp³-hybridized carbons (Fsp3) is 0.464. The second-order valence-electron chi connectivity index (χ2n) is 10.4. The third-order valence-corrected chi connectivity index (χ3v) is 8.55. The minimum Gasteiger partial charge on any atom is -0.497 e. The van der Waals surface area contributed by atoms with Crippen molar-refractivity contribution in [3.8, 4) is 5.75 Å². The van der Waals surface area contributed by atoms with E-state index in [2.05, 4.69) is 16.0 Å². The molecule has 6 rings (SSSR count). The summed E-state index contributed by atoms with van der Waals surface area (Å²) in [5.74, 6) is 0.899. The van der Waals surface area contributed by atoms with E-state index >= 15 is 0 Å². The summed E-state index contributed by atoms with van der Waals surface area (Å²) >= 11 is 0. The summed E-state index contributed by atoms with van der Waals surface area (Å²) in [6.45, 7) is 1.61. The quantitative estimate of drug-likeness (QED) is 0.586. The lowest BCUT2D eigenvalue weighted by Crippen LogP contribution is -2.57. The van der Waals surface area contributed by atoms with Crippen molar-refractivity contribution in [3.63, 3.8) is 0 Å². The standard InChI is InChI=1S/C28H32N4O4/c1-36-19-8-9-20-22(15-19)30-25-23(16-33)32(26(34)18-5-4-6-18)17-28(24(20)25)10-13-31(14-11-28)27(35)21-7-2-3-12-29-21/h2-3,7-9,12,15,18,23,30,33H,4-6,10-11,13-14,16-17H2,1H3/t23-/m0/s1. The Hall–Kier alpha value is -3.39. The van der Waals surface area contributed by atoms with Gasteiger partial charge in [-0.15, -0.1) is 0 Å². The number of fused-ring (bicyclic) bond motifs is 4. The van der Waals surface area contributed by atoms with Gasteiger partial charge in [0.2, 0.25) is 5.91 Å². The molecule has 8 nitrogen and oxygen atoms in total. The first kappa shape index (κ1) is 23.0. The van der Waals surface area contributed by atoms with Crippen molar-refractivity contribution in [2.75, 3.05) is 33.4 Å². The number of H-pyrrole nitrogens is 1. The molecular formula is C28H32N4O4. The second-order valence-corrected chi connectivity index (χ2v) is 10.4. The van der Waals surface area contributed by atoms with Crippen LogP contribution in [0.25, 0.3) is 10.9 Å². The van der Waals surface area contributed by atoms with E-state index in [1.54, 1.807) is 19.4 Å². The van der Waals surface area contributed by atoms with Gasteiger partial charge in [0.1, 0.15) is 11.4 Å². The number of benzene rings is 1. The molecule has 0 bridgehead atoms. The molecule has 36 heavy (non-hydrogen) atoms. The largest absolute Gasteiger partial charge is 0.497 e. The number of carbonyl (C=O) groups excluding carboxylic acids is 2. The molecule has 3 aliphatic rings. The van der Waals surface area contributed by atoms with Gasteiger partial charge in [0, 0.05) is 59.8 Å². The van der Waals surface area contributed by atoms with Crippen LogP contribution in [-0.2, 0) is 10.2 Å². The molecule has 4 heterocycles. The molecule has 1 atom stereocenters. The van der Waals surface area contributed by atoms with E-state index in [0.717, 1.165) is 54.5 Å². The van der Waals surface area contributed by atoms with E-state index in [4.69, 9.17) is 4.74 Å². The number of pyridine rings is 1. The molecular weight excluding hydrogens is 456 g/mol. The SMILES string of the molecule is COc1ccc2c3c([nH]c2c1)[C@H](CO)N(C(=O)C1CCC1)CC31CCN(C(=O)c2ccccn2)CC1. The maximum atomic E-state index is 13.6. The van der Waals surface area contributed by atoms with Crippen molar-refractivity contribution in [2.24, 2.45) is 5.92 Å². The molecule has 1 saturated heterocycles. The smallest absolute Gasteiger partial charge is 0.272 e. The van der Waals surface area contributed by atoms with Gasteiger partial charge in [-0.05, 0) is 55.5 Å². The number of methoxy groups -OCH3 is 1. The lowest BCUT2D eigenvalue weighted by atomic mass is 9.67. The predicted molar refractivity (Wildman–Crippen MR) is 135 cm³/mol. The molecule has 3 aromatic rings. The summed E-state index contributed by atoms with van der Waals surface area (Å²) in [6.07, 6.45) is 6.05. The predicted octanol–water partition coefficient (Wildman–Crippen LogP) is 3.42. The monoisotopic (exact) mass is 488 g/mol. The number of carbonyl (C=O) groups is 2. The second kappa shape index (κ2) is 8.92. The van der Waals surface area contributed by atoms with Crippen molar-refractivity contribution in [1.82, 2.24) is 19.8 Å². The summed E-state index contributed by atoms with van der Waals surface area (Å²) in [5, 5.41) is 11.6. The van der Waals surface area contributed by atoms with E-state index < -0.39 is 6.04 Å². The van der Waals surface area contributed by atoms with Crippen LogP contribution in [0.3, 0.4) is 0 Å². The minimum absolute atomic E-state index is 0.0490. The third kappa shape index (κ3) is 3.58. The molecule has 188 valence electrons. The highest BCUT2D eigenvalue weighted by atomic mass is 16.5. The van der Waals surface area contributed by atoms with Gasteiger partial charge in [-0.2, -0.15) is 0 Å². The van der Waals surface area contributed by atoms with Crippen molar-refractivity contribution >= 4 is 22.7 Å². The summed E-state index contributed by atoms with van der Waals surface area (Å²) in [4.78, 5) is 38.3. The van der Waals surface area contributed by atoms with Crippen molar-refractivity contribution in [2.45, 2.75) is 43.6 Å². The zero-order valence-electron chi connectivity index (χ0n) is 20.6. The highest BCUT2D eigenvalue weighted by Crippen LogP contribution is 2.50. The highest BCUT2D eigenvalue weighted by Gasteiger charge is 2.50. The number of ether oxygens (including phenoxy) is 1. The van der Waals surface area contributed by atoms with Gasteiger partial charge in [-0.1, -0.05) is 12.5 Å². The van der Waals surface area contributed by atoms with Gasteiger partial charge in [-0.3, -0.25) is 14.6 Å². The van der Waals surface area contributed by atoms with Crippen LogP contribution >= 0.6 is 0 Å². The molecule has 1 saturated carbocycles. The molecule has 2 aromatic heterocycles. The Bertz CT molecular complexity index is 1290. The summed E-state index contributed by atoms with van der Waals surface area (Å²) in [5.41, 5.74) is 3.21. The average molecular weight is 489 g/mol. The maximum absolute atomic E-state index is 13.6. The van der Waals surface area contributed by atoms with Gasteiger partial charge in [0.25, 0.3) is 5.91 Å². The number of likely N-dealkylation sites (tertiary alicyclic amines) is 1. The molecule has 0 radical (unpaired) electrons. The van der Waals surface area contributed by atoms with Gasteiger partial charge >= 0.3 is 0 Å². The Kier molecular flexibility index (Phi) is 5.71. The molecule has 2 amide bonds. The number of aromatic nitrogens is 2. The van der Waals surface area contributed by atoms with Gasteiger partial charge in [-0.25, -0.2) is 0 Å². The fourth-order valence-corrected chi connectivity index (χ4v) is 6.33. The minimum atomic E-state index is -0.398. The zero-order chi connectivity index (χ0) is 24.9. The Morgan fingerprint density at radius 1 is 1.19 bits per heavy atom. The van der Waals surface area contributed by atoms with Crippen LogP contribution in [0.2, 0.25) is 0 Å². The summed E-state index contributed by atoms with van der Waals surface area (Å²) in [7, 11) is 1.65. The van der Waals surface area contributed by atoms with Crippen molar-refractivity contribution in [3.05, 3.63) is 59.5 Å². The van der Waals surface area contributed by atoms with E-state index in [-0.39, 0.29) is 29.8 Å². The van der Waals surface area contributed by atoms with E-state index in [0.29, 0.717) is 25.3 Å². The zero-order valence-corrected chi connectivity index (χ0v) is 20.6. The first-order valence-corrected chi connectivity index (χ1v) is 12.9. The number of aromatic amines is 1. The molecule has 1 aliphatic carbocycles. The van der Waals surface area contributed by atoms with Crippen LogP contribution in [0.15, 0.2) is 42.6 Å². The van der Waals surface area contributed by atoms with Crippen LogP contribution in [0, 0.1) is 5.92 Å². The number of hydrogen-bond donors (Lipinski definition) is 2. The number of rotatable bonds is 4. The van der Waals surface area contributed by atoms with Crippen molar-refractivity contribution in [1.29, 1.82) is 0 Å². The lowest BCUT2D eigenvalue weighted by Gasteiger charge is -2.51. The summed E-state index contributed by atoms with van der Waals surface area (Å²) < 4.78 is 5.46.